The molecule has 3 aromatic rings. The highest BCUT2D eigenvalue weighted by Gasteiger charge is 2.16. The lowest BCUT2D eigenvalue weighted by Gasteiger charge is -2.16. The normalized spacial score (nSPS) is 10.6. The van der Waals surface area contributed by atoms with Crippen LogP contribution in [0.3, 0.4) is 0 Å². The zero-order valence-electron chi connectivity index (χ0n) is 14.6. The fourth-order valence-corrected chi connectivity index (χ4v) is 3.34. The van der Waals surface area contributed by atoms with E-state index in [0.717, 1.165) is 10.6 Å². The second-order valence-corrected chi connectivity index (χ2v) is 7.23. The Morgan fingerprint density at radius 3 is 2.73 bits per heavy atom. The van der Waals surface area contributed by atoms with Crippen LogP contribution in [0.4, 0.5) is 0 Å². The third kappa shape index (κ3) is 4.62. The lowest BCUT2D eigenvalue weighted by molar-refractivity contribution is 0.0769. The van der Waals surface area contributed by atoms with Crippen LogP contribution in [0.25, 0.3) is 10.6 Å². The van der Waals surface area contributed by atoms with Crippen LogP contribution < -0.4 is 4.74 Å². The Hall–Kier alpha value is -2.37. The standard InChI is InChI=1S/C20H19ClN2O2S/c1-14-6-8-15(9-7-14)19-22-18(13-26-19)20(24)23(2)10-11-25-17-5-3-4-16(21)12-17/h3-9,12-13H,10-11H2,1-2H3. The van der Waals surface area contributed by atoms with Gasteiger partial charge in [-0.1, -0.05) is 47.5 Å². The van der Waals surface area contributed by atoms with E-state index in [-0.39, 0.29) is 5.91 Å². The van der Waals surface area contributed by atoms with Crippen LogP contribution >= 0.6 is 22.9 Å². The van der Waals surface area contributed by atoms with Gasteiger partial charge in [-0.3, -0.25) is 4.79 Å². The molecule has 0 unspecified atom stereocenters. The van der Waals surface area contributed by atoms with Crippen LogP contribution in [0.1, 0.15) is 16.1 Å². The number of rotatable bonds is 6. The first-order valence-corrected chi connectivity index (χ1v) is 9.45. The maximum Gasteiger partial charge on any atom is 0.273 e. The summed E-state index contributed by atoms with van der Waals surface area (Å²) in [6.45, 7) is 2.89. The molecular weight excluding hydrogens is 368 g/mol. The molecule has 0 aliphatic rings. The van der Waals surface area contributed by atoms with Gasteiger partial charge in [-0.15, -0.1) is 11.3 Å². The lowest BCUT2D eigenvalue weighted by atomic mass is 10.2. The summed E-state index contributed by atoms with van der Waals surface area (Å²) in [6.07, 6.45) is 0. The summed E-state index contributed by atoms with van der Waals surface area (Å²) >= 11 is 7.40. The van der Waals surface area contributed by atoms with E-state index in [0.29, 0.717) is 29.6 Å². The first-order chi connectivity index (χ1) is 12.5. The number of nitrogens with zero attached hydrogens (tertiary/aromatic N) is 2. The third-order valence-electron chi connectivity index (χ3n) is 3.86. The van der Waals surface area contributed by atoms with Gasteiger partial charge < -0.3 is 9.64 Å². The third-order valence-corrected chi connectivity index (χ3v) is 4.99. The van der Waals surface area contributed by atoms with Crippen LogP contribution in [0.15, 0.2) is 53.9 Å². The highest BCUT2D eigenvalue weighted by Crippen LogP contribution is 2.24. The molecule has 0 aliphatic carbocycles. The predicted octanol–water partition coefficient (Wildman–Crippen LogP) is 4.92. The summed E-state index contributed by atoms with van der Waals surface area (Å²) in [5.41, 5.74) is 2.67. The predicted molar refractivity (Wildman–Crippen MR) is 106 cm³/mol. The van der Waals surface area contributed by atoms with E-state index >= 15 is 0 Å². The summed E-state index contributed by atoms with van der Waals surface area (Å²) in [7, 11) is 1.74. The summed E-state index contributed by atoms with van der Waals surface area (Å²) in [6, 6.07) is 15.3. The minimum absolute atomic E-state index is 0.116. The first kappa shape index (κ1) is 18.4. The molecule has 0 atom stereocenters. The molecule has 0 bridgehead atoms. The van der Waals surface area contributed by atoms with Crippen molar-refractivity contribution in [3.8, 4) is 16.3 Å². The van der Waals surface area contributed by atoms with Crippen molar-refractivity contribution in [2.24, 2.45) is 0 Å². The Balaban J connectivity index is 1.57. The molecule has 0 aliphatic heterocycles. The Morgan fingerprint density at radius 1 is 1.23 bits per heavy atom. The second-order valence-electron chi connectivity index (χ2n) is 5.94. The number of hydrogen-bond acceptors (Lipinski definition) is 4. The number of ether oxygens (including phenoxy) is 1. The zero-order chi connectivity index (χ0) is 18.5. The van der Waals surface area contributed by atoms with Crippen molar-refractivity contribution in [2.75, 3.05) is 20.2 Å². The van der Waals surface area contributed by atoms with E-state index in [2.05, 4.69) is 4.98 Å². The second kappa shape index (κ2) is 8.34. The highest BCUT2D eigenvalue weighted by atomic mass is 35.5. The van der Waals surface area contributed by atoms with Crippen molar-refractivity contribution >= 4 is 28.8 Å². The van der Waals surface area contributed by atoms with Crippen molar-refractivity contribution in [3.63, 3.8) is 0 Å². The van der Waals surface area contributed by atoms with E-state index in [4.69, 9.17) is 16.3 Å². The number of aromatic nitrogens is 1. The van der Waals surface area contributed by atoms with Gasteiger partial charge in [0.1, 0.15) is 23.1 Å². The van der Waals surface area contributed by atoms with Crippen molar-refractivity contribution in [1.29, 1.82) is 0 Å². The quantitative estimate of drug-likeness (QED) is 0.603. The number of aryl methyl sites for hydroxylation is 1. The van der Waals surface area contributed by atoms with E-state index in [1.165, 1.54) is 16.9 Å². The van der Waals surface area contributed by atoms with E-state index in [9.17, 15) is 4.79 Å². The maximum absolute atomic E-state index is 12.5. The Kier molecular flexibility index (Phi) is 5.91. The molecule has 1 heterocycles. The minimum Gasteiger partial charge on any atom is -0.492 e. The smallest absolute Gasteiger partial charge is 0.273 e. The molecular formula is C20H19ClN2O2S. The molecule has 1 aromatic heterocycles. The molecule has 3 rings (SSSR count). The average Bonchev–Trinajstić information content (AvgIpc) is 3.11. The van der Waals surface area contributed by atoms with Crippen LogP contribution in [0.5, 0.6) is 5.75 Å². The number of likely N-dealkylation sites (N-methyl/N-ethyl adjacent to an activating group) is 1. The topological polar surface area (TPSA) is 42.4 Å². The SMILES string of the molecule is Cc1ccc(-c2nc(C(=O)N(C)CCOc3cccc(Cl)c3)cs2)cc1. The fraction of sp³-hybridized carbons (Fsp3) is 0.200. The van der Waals surface area contributed by atoms with E-state index in [1.54, 1.807) is 29.5 Å². The number of thiazole rings is 1. The molecule has 26 heavy (non-hydrogen) atoms. The molecule has 0 radical (unpaired) electrons. The molecule has 6 heteroatoms. The number of hydrogen-bond donors (Lipinski definition) is 0. The highest BCUT2D eigenvalue weighted by molar-refractivity contribution is 7.13. The van der Waals surface area contributed by atoms with Crippen LogP contribution in [-0.2, 0) is 0 Å². The van der Waals surface area contributed by atoms with E-state index < -0.39 is 0 Å². The summed E-state index contributed by atoms with van der Waals surface area (Å²) in [5, 5.41) is 3.27. The van der Waals surface area contributed by atoms with Gasteiger partial charge >= 0.3 is 0 Å². The van der Waals surface area contributed by atoms with Crippen molar-refractivity contribution < 1.29 is 9.53 Å². The molecule has 1 amide bonds. The van der Waals surface area contributed by atoms with Gasteiger partial charge in [0, 0.05) is 23.0 Å². The molecule has 2 aromatic carbocycles. The van der Waals surface area contributed by atoms with Gasteiger partial charge in [-0.05, 0) is 25.1 Å². The van der Waals surface area contributed by atoms with Gasteiger partial charge in [-0.2, -0.15) is 0 Å². The lowest BCUT2D eigenvalue weighted by Crippen LogP contribution is -2.31. The van der Waals surface area contributed by atoms with Gasteiger partial charge in [0.2, 0.25) is 0 Å². The van der Waals surface area contributed by atoms with Crippen molar-refractivity contribution in [3.05, 3.63) is 70.2 Å². The molecule has 0 saturated carbocycles. The Bertz CT molecular complexity index is 893. The minimum atomic E-state index is -0.116. The average molecular weight is 387 g/mol. The molecule has 0 spiro atoms. The molecule has 4 nitrogen and oxygen atoms in total. The largest absolute Gasteiger partial charge is 0.492 e. The first-order valence-electron chi connectivity index (χ1n) is 8.19. The van der Waals surface area contributed by atoms with Crippen LogP contribution in [0.2, 0.25) is 5.02 Å². The van der Waals surface area contributed by atoms with Crippen LogP contribution in [-0.4, -0.2) is 36.0 Å². The summed E-state index contributed by atoms with van der Waals surface area (Å²) in [5.74, 6) is 0.572. The van der Waals surface area contributed by atoms with Gasteiger partial charge in [0.15, 0.2) is 0 Å². The molecule has 0 N–H and O–H groups in total. The maximum atomic E-state index is 12.5. The summed E-state index contributed by atoms with van der Waals surface area (Å²) < 4.78 is 5.63. The number of carbonyl (C=O) groups excluding carboxylic acids is 1. The monoisotopic (exact) mass is 386 g/mol. The van der Waals surface area contributed by atoms with Gasteiger partial charge in [-0.25, -0.2) is 4.98 Å². The Morgan fingerprint density at radius 2 is 2.00 bits per heavy atom. The van der Waals surface area contributed by atoms with Gasteiger partial charge in [0.25, 0.3) is 5.91 Å². The zero-order valence-corrected chi connectivity index (χ0v) is 16.2. The number of carbonyl (C=O) groups is 1. The molecule has 0 saturated heterocycles. The number of benzene rings is 2. The number of halogens is 1. The Labute approximate surface area is 162 Å². The molecule has 134 valence electrons. The van der Waals surface area contributed by atoms with Crippen molar-refractivity contribution in [1.82, 2.24) is 9.88 Å². The number of amides is 1. The summed E-state index contributed by atoms with van der Waals surface area (Å²) in [4.78, 5) is 18.6. The van der Waals surface area contributed by atoms with Crippen molar-refractivity contribution in [2.45, 2.75) is 6.92 Å². The van der Waals surface area contributed by atoms with E-state index in [1.807, 2.05) is 43.3 Å². The van der Waals surface area contributed by atoms with Gasteiger partial charge in [0.05, 0.1) is 6.54 Å². The molecule has 0 fully saturated rings. The van der Waals surface area contributed by atoms with Crippen LogP contribution in [0, 0.1) is 6.92 Å². The fourth-order valence-electron chi connectivity index (χ4n) is 2.35.